The van der Waals surface area contributed by atoms with Crippen LogP contribution in [-0.2, 0) is 18.9 Å². The van der Waals surface area contributed by atoms with Crippen molar-refractivity contribution in [1.29, 1.82) is 0 Å². The van der Waals surface area contributed by atoms with Gasteiger partial charge >= 0.3 is 5.69 Å². The zero-order valence-electron chi connectivity index (χ0n) is 14.4. The van der Waals surface area contributed by atoms with E-state index in [4.69, 9.17) is 0 Å². The van der Waals surface area contributed by atoms with Crippen molar-refractivity contribution in [2.24, 2.45) is 20.0 Å². The second kappa shape index (κ2) is 6.03. The van der Waals surface area contributed by atoms with E-state index >= 15 is 0 Å². The molecule has 0 aliphatic carbocycles. The molecule has 6 nitrogen and oxygen atoms in total. The van der Waals surface area contributed by atoms with Crippen LogP contribution in [0.3, 0.4) is 0 Å². The first-order valence-electron chi connectivity index (χ1n) is 7.99. The minimum atomic E-state index is -0.282. The number of benzene rings is 1. The zero-order valence-corrected chi connectivity index (χ0v) is 14.4. The highest BCUT2D eigenvalue weighted by Gasteiger charge is 2.23. The van der Waals surface area contributed by atoms with Gasteiger partial charge in [-0.25, -0.2) is 4.79 Å². The maximum atomic E-state index is 12.7. The third kappa shape index (κ3) is 2.64. The summed E-state index contributed by atoms with van der Waals surface area (Å²) in [5, 5.41) is 2.98. The number of amides is 1. The Kier molecular flexibility index (Phi) is 4.05. The van der Waals surface area contributed by atoms with Crippen LogP contribution >= 0.6 is 0 Å². The Balaban J connectivity index is 1.93. The van der Waals surface area contributed by atoms with Crippen LogP contribution in [0.5, 0.6) is 0 Å². The first kappa shape index (κ1) is 16.1. The molecule has 0 unspecified atom stereocenters. The van der Waals surface area contributed by atoms with Crippen LogP contribution in [0.4, 0.5) is 5.69 Å². The summed E-state index contributed by atoms with van der Waals surface area (Å²) in [5.41, 5.74) is 2.24. The molecule has 3 rings (SSSR count). The molecular formula is C18H22N4O2. The molecule has 1 amide bonds. The Labute approximate surface area is 140 Å². The Hall–Kier alpha value is -2.76. The number of hydrogen-bond acceptors (Lipinski definition) is 2. The largest absolute Gasteiger partial charge is 0.342 e. The standard InChI is InChI=1S/C18H22N4O2/c1-12(2)16(22-9-5-6-10-22)17(23)19-13-7-8-14-15(11-13)21(4)18(24)20(14)3/h5-12,16H,1-4H3,(H,19,23)/t16-/m0/s1. The molecule has 1 N–H and O–H groups in total. The van der Waals surface area contributed by atoms with Crippen molar-refractivity contribution in [1.82, 2.24) is 13.7 Å². The van der Waals surface area contributed by atoms with Gasteiger partial charge in [0.1, 0.15) is 6.04 Å². The molecule has 0 spiro atoms. The first-order chi connectivity index (χ1) is 11.4. The van der Waals surface area contributed by atoms with Crippen LogP contribution < -0.4 is 11.0 Å². The van der Waals surface area contributed by atoms with E-state index in [1.54, 1.807) is 23.2 Å². The van der Waals surface area contributed by atoms with E-state index in [1.807, 2.05) is 61.1 Å². The van der Waals surface area contributed by atoms with Gasteiger partial charge in [0.15, 0.2) is 0 Å². The normalized spacial score (nSPS) is 12.7. The molecule has 3 aromatic rings. The summed E-state index contributed by atoms with van der Waals surface area (Å²) in [7, 11) is 3.47. The number of nitrogens with zero attached hydrogens (tertiary/aromatic N) is 3. The lowest BCUT2D eigenvalue weighted by Crippen LogP contribution is -2.29. The highest BCUT2D eigenvalue weighted by Crippen LogP contribution is 2.22. The van der Waals surface area contributed by atoms with E-state index in [-0.39, 0.29) is 23.6 Å². The molecule has 2 heterocycles. The fraction of sp³-hybridized carbons (Fsp3) is 0.333. The van der Waals surface area contributed by atoms with Crippen LogP contribution in [0, 0.1) is 5.92 Å². The van der Waals surface area contributed by atoms with Crippen LogP contribution in [0.2, 0.25) is 0 Å². The van der Waals surface area contributed by atoms with E-state index in [9.17, 15) is 9.59 Å². The molecule has 0 saturated heterocycles. The monoisotopic (exact) mass is 326 g/mol. The molecule has 0 fully saturated rings. The summed E-state index contributed by atoms with van der Waals surface area (Å²) in [6.45, 7) is 4.04. The Morgan fingerprint density at radius 2 is 1.67 bits per heavy atom. The quantitative estimate of drug-likeness (QED) is 0.801. The van der Waals surface area contributed by atoms with E-state index in [1.165, 1.54) is 0 Å². The molecule has 0 radical (unpaired) electrons. The van der Waals surface area contributed by atoms with Gasteiger partial charge in [-0.2, -0.15) is 0 Å². The summed E-state index contributed by atoms with van der Waals surface area (Å²) in [6, 6.07) is 9.05. The van der Waals surface area contributed by atoms with Crippen molar-refractivity contribution in [2.45, 2.75) is 19.9 Å². The number of rotatable bonds is 4. The molecule has 24 heavy (non-hydrogen) atoms. The molecule has 6 heteroatoms. The lowest BCUT2D eigenvalue weighted by molar-refractivity contribution is -0.120. The molecule has 0 bridgehead atoms. The topological polar surface area (TPSA) is 61.0 Å². The summed E-state index contributed by atoms with van der Waals surface area (Å²) in [4.78, 5) is 24.7. The number of anilines is 1. The number of carbonyl (C=O) groups excluding carboxylic acids is 1. The van der Waals surface area contributed by atoms with Gasteiger partial charge in [0.25, 0.3) is 0 Å². The lowest BCUT2D eigenvalue weighted by atomic mass is 10.0. The maximum absolute atomic E-state index is 12.7. The van der Waals surface area contributed by atoms with Gasteiger partial charge in [-0.15, -0.1) is 0 Å². The molecule has 1 aromatic carbocycles. The summed E-state index contributed by atoms with van der Waals surface area (Å²) < 4.78 is 5.09. The maximum Gasteiger partial charge on any atom is 0.328 e. The van der Waals surface area contributed by atoms with Crippen molar-refractivity contribution >= 4 is 22.6 Å². The highest BCUT2D eigenvalue weighted by atomic mass is 16.2. The van der Waals surface area contributed by atoms with Gasteiger partial charge < -0.3 is 9.88 Å². The zero-order chi connectivity index (χ0) is 17.4. The minimum Gasteiger partial charge on any atom is -0.342 e. The minimum absolute atomic E-state index is 0.0681. The number of hydrogen-bond donors (Lipinski definition) is 1. The number of aryl methyl sites for hydroxylation is 2. The Morgan fingerprint density at radius 1 is 1.04 bits per heavy atom. The Bertz CT molecular complexity index is 932. The van der Waals surface area contributed by atoms with Crippen LogP contribution in [0.1, 0.15) is 19.9 Å². The lowest BCUT2D eigenvalue weighted by Gasteiger charge is -2.22. The van der Waals surface area contributed by atoms with Gasteiger partial charge in [0.2, 0.25) is 5.91 Å². The van der Waals surface area contributed by atoms with Gasteiger partial charge in [0.05, 0.1) is 11.0 Å². The first-order valence-corrected chi connectivity index (χ1v) is 7.99. The molecular weight excluding hydrogens is 304 g/mol. The van der Waals surface area contributed by atoms with Crippen molar-refractivity contribution < 1.29 is 4.79 Å². The fourth-order valence-electron chi connectivity index (χ4n) is 3.12. The second-order valence-electron chi connectivity index (χ2n) is 6.41. The molecule has 0 aliphatic rings. The predicted octanol–water partition coefficient (Wildman–Crippen LogP) is 2.51. The summed E-state index contributed by atoms with van der Waals surface area (Å²) in [6.07, 6.45) is 3.79. The Morgan fingerprint density at radius 3 is 2.29 bits per heavy atom. The SMILES string of the molecule is CC(C)[C@@H](C(=O)Nc1ccc2c(c1)n(C)c(=O)n2C)n1cccc1. The van der Waals surface area contributed by atoms with Crippen LogP contribution in [0.25, 0.3) is 11.0 Å². The van der Waals surface area contributed by atoms with Gasteiger partial charge in [-0.1, -0.05) is 13.8 Å². The van der Waals surface area contributed by atoms with Gasteiger partial charge in [-0.05, 0) is 36.2 Å². The van der Waals surface area contributed by atoms with Crippen LogP contribution in [0.15, 0.2) is 47.5 Å². The number of nitrogens with one attached hydrogen (secondary N) is 1. The van der Waals surface area contributed by atoms with Crippen molar-refractivity contribution in [3.8, 4) is 0 Å². The van der Waals surface area contributed by atoms with E-state index in [0.717, 1.165) is 11.0 Å². The molecule has 0 aliphatic heterocycles. The second-order valence-corrected chi connectivity index (χ2v) is 6.41. The number of fused-ring (bicyclic) bond motifs is 1. The number of imidazole rings is 1. The number of carbonyl (C=O) groups is 1. The highest BCUT2D eigenvalue weighted by molar-refractivity contribution is 5.95. The van der Waals surface area contributed by atoms with E-state index in [0.29, 0.717) is 5.69 Å². The predicted molar refractivity (Wildman–Crippen MR) is 95.1 cm³/mol. The molecule has 126 valence electrons. The van der Waals surface area contributed by atoms with Gasteiger partial charge in [-0.3, -0.25) is 13.9 Å². The van der Waals surface area contributed by atoms with Crippen molar-refractivity contribution in [3.05, 3.63) is 53.2 Å². The average molecular weight is 326 g/mol. The summed E-state index contributed by atoms with van der Waals surface area (Å²) >= 11 is 0. The third-order valence-electron chi connectivity index (χ3n) is 4.39. The third-order valence-corrected chi connectivity index (χ3v) is 4.39. The van der Waals surface area contributed by atoms with Crippen molar-refractivity contribution in [2.75, 3.05) is 5.32 Å². The molecule has 1 atom stereocenters. The molecule has 0 saturated carbocycles. The van der Waals surface area contributed by atoms with Crippen molar-refractivity contribution in [3.63, 3.8) is 0 Å². The van der Waals surface area contributed by atoms with E-state index < -0.39 is 0 Å². The number of aromatic nitrogens is 3. The summed E-state index contributed by atoms with van der Waals surface area (Å²) in [5.74, 6) is 0.0868. The van der Waals surface area contributed by atoms with E-state index in [2.05, 4.69) is 5.32 Å². The molecule has 2 aromatic heterocycles. The smallest absolute Gasteiger partial charge is 0.328 e. The van der Waals surface area contributed by atoms with Gasteiger partial charge in [0, 0.05) is 32.2 Å². The average Bonchev–Trinajstić information content (AvgIpc) is 3.12. The fourth-order valence-corrected chi connectivity index (χ4v) is 3.12. The van der Waals surface area contributed by atoms with Crippen LogP contribution in [-0.4, -0.2) is 19.6 Å².